The van der Waals surface area contributed by atoms with Gasteiger partial charge in [0.15, 0.2) is 0 Å². The van der Waals surface area contributed by atoms with Crippen LogP contribution in [0, 0.1) is 12.8 Å². The van der Waals surface area contributed by atoms with Gasteiger partial charge in [0.05, 0.1) is 12.6 Å². The molecule has 1 aliphatic rings. The predicted octanol–water partition coefficient (Wildman–Crippen LogP) is 0.0192. The normalized spacial score (nSPS) is 25.1. The number of aryl methyl sites for hydroxylation is 1. The first-order valence-electron chi connectivity index (χ1n) is 6.05. The molecule has 7 nitrogen and oxygen atoms in total. The van der Waals surface area contributed by atoms with E-state index in [4.69, 9.17) is 4.42 Å². The SMILES string of the molecule is Cc1nnc(NC(=O)CN2CCC(O)C(C)C2)o1. The standard InChI is InChI=1S/C11H18N4O3/c1-7-5-15(4-3-9(7)16)6-10(17)12-11-14-13-8(2)18-11/h7,9,16H,3-6H2,1-2H3,(H,12,14,17). The molecule has 100 valence electrons. The largest absolute Gasteiger partial charge is 0.408 e. The molecule has 0 aliphatic carbocycles. The lowest BCUT2D eigenvalue weighted by molar-refractivity contribution is -0.118. The molecule has 0 aromatic carbocycles. The third-order valence-corrected chi connectivity index (χ3v) is 3.08. The van der Waals surface area contributed by atoms with Crippen LogP contribution in [0.4, 0.5) is 6.01 Å². The van der Waals surface area contributed by atoms with Crippen molar-refractivity contribution in [3.05, 3.63) is 5.89 Å². The van der Waals surface area contributed by atoms with Gasteiger partial charge in [0.2, 0.25) is 11.8 Å². The molecular formula is C11H18N4O3. The molecule has 1 aromatic heterocycles. The first-order valence-corrected chi connectivity index (χ1v) is 6.05. The summed E-state index contributed by atoms with van der Waals surface area (Å²) in [7, 11) is 0. The Hall–Kier alpha value is -1.47. The molecule has 2 heterocycles. The van der Waals surface area contributed by atoms with E-state index in [1.165, 1.54) is 0 Å². The highest BCUT2D eigenvalue weighted by Crippen LogP contribution is 2.16. The maximum atomic E-state index is 11.7. The summed E-state index contributed by atoms with van der Waals surface area (Å²) in [6.07, 6.45) is 0.441. The second-order valence-corrected chi connectivity index (χ2v) is 4.74. The van der Waals surface area contributed by atoms with Crippen molar-refractivity contribution in [2.75, 3.05) is 25.0 Å². The van der Waals surface area contributed by atoms with Crippen molar-refractivity contribution in [1.29, 1.82) is 0 Å². The maximum absolute atomic E-state index is 11.7. The molecule has 0 spiro atoms. The Labute approximate surface area is 105 Å². The first-order chi connectivity index (χ1) is 8.54. The average Bonchev–Trinajstić information content (AvgIpc) is 2.69. The van der Waals surface area contributed by atoms with Crippen LogP contribution >= 0.6 is 0 Å². The van der Waals surface area contributed by atoms with E-state index in [2.05, 4.69) is 15.5 Å². The maximum Gasteiger partial charge on any atom is 0.322 e. The van der Waals surface area contributed by atoms with E-state index in [9.17, 15) is 9.90 Å². The average molecular weight is 254 g/mol. The minimum Gasteiger partial charge on any atom is -0.408 e. The van der Waals surface area contributed by atoms with E-state index in [0.29, 0.717) is 12.3 Å². The van der Waals surface area contributed by atoms with Gasteiger partial charge in [0, 0.05) is 20.0 Å². The zero-order valence-corrected chi connectivity index (χ0v) is 10.6. The Morgan fingerprint density at radius 2 is 2.39 bits per heavy atom. The molecule has 0 bridgehead atoms. The number of carbonyl (C=O) groups excluding carboxylic acids is 1. The zero-order chi connectivity index (χ0) is 13.1. The summed E-state index contributed by atoms with van der Waals surface area (Å²) in [5.74, 6) is 0.430. The predicted molar refractivity (Wildman–Crippen MR) is 63.9 cm³/mol. The van der Waals surface area contributed by atoms with Crippen molar-refractivity contribution in [2.45, 2.75) is 26.4 Å². The van der Waals surface area contributed by atoms with Crippen LogP contribution in [-0.4, -0.2) is 51.8 Å². The van der Waals surface area contributed by atoms with E-state index in [1.807, 2.05) is 11.8 Å². The third kappa shape index (κ3) is 3.27. The number of carbonyl (C=O) groups is 1. The number of aromatic nitrogens is 2. The van der Waals surface area contributed by atoms with Gasteiger partial charge in [-0.1, -0.05) is 12.0 Å². The van der Waals surface area contributed by atoms with Gasteiger partial charge in [-0.05, 0) is 12.3 Å². The second kappa shape index (κ2) is 5.45. The number of rotatable bonds is 3. The molecule has 2 atom stereocenters. The summed E-state index contributed by atoms with van der Waals surface area (Å²) in [5.41, 5.74) is 0. The first kappa shape index (κ1) is 13.0. The molecule has 1 aliphatic heterocycles. The fourth-order valence-electron chi connectivity index (χ4n) is 2.07. The molecule has 18 heavy (non-hydrogen) atoms. The number of aliphatic hydroxyl groups excluding tert-OH is 1. The lowest BCUT2D eigenvalue weighted by Gasteiger charge is -2.33. The van der Waals surface area contributed by atoms with E-state index in [0.717, 1.165) is 13.1 Å². The number of aliphatic hydroxyl groups is 1. The summed E-state index contributed by atoms with van der Waals surface area (Å²) >= 11 is 0. The van der Waals surface area contributed by atoms with Crippen LogP contribution in [0.3, 0.4) is 0 Å². The molecule has 2 unspecified atom stereocenters. The van der Waals surface area contributed by atoms with Crippen molar-refractivity contribution in [3.63, 3.8) is 0 Å². The van der Waals surface area contributed by atoms with E-state index in [-0.39, 0.29) is 30.5 Å². The molecule has 1 aromatic rings. The van der Waals surface area contributed by atoms with Gasteiger partial charge in [0.1, 0.15) is 0 Å². The number of hydrogen-bond acceptors (Lipinski definition) is 6. The number of amides is 1. The molecule has 2 N–H and O–H groups in total. The highest BCUT2D eigenvalue weighted by Gasteiger charge is 2.25. The monoisotopic (exact) mass is 254 g/mol. The fourth-order valence-corrected chi connectivity index (χ4v) is 2.07. The summed E-state index contributed by atoms with van der Waals surface area (Å²) in [6.45, 7) is 5.37. The Morgan fingerprint density at radius 1 is 1.61 bits per heavy atom. The zero-order valence-electron chi connectivity index (χ0n) is 10.6. The molecule has 7 heteroatoms. The van der Waals surface area contributed by atoms with Gasteiger partial charge in [-0.15, -0.1) is 5.10 Å². The number of likely N-dealkylation sites (tertiary alicyclic amines) is 1. The quantitative estimate of drug-likeness (QED) is 0.790. The molecule has 1 amide bonds. The lowest BCUT2D eigenvalue weighted by Crippen LogP contribution is -2.45. The lowest BCUT2D eigenvalue weighted by atomic mass is 9.97. The Bertz CT molecular complexity index is 420. The number of piperidine rings is 1. The van der Waals surface area contributed by atoms with Gasteiger partial charge in [-0.2, -0.15) is 0 Å². The smallest absolute Gasteiger partial charge is 0.322 e. The fraction of sp³-hybridized carbons (Fsp3) is 0.727. The number of anilines is 1. The van der Waals surface area contributed by atoms with Gasteiger partial charge in [0.25, 0.3) is 0 Å². The van der Waals surface area contributed by atoms with Gasteiger partial charge in [-0.3, -0.25) is 15.0 Å². The molecule has 0 radical (unpaired) electrons. The van der Waals surface area contributed by atoms with Crippen LogP contribution in [0.2, 0.25) is 0 Å². The molecular weight excluding hydrogens is 236 g/mol. The summed E-state index contributed by atoms with van der Waals surface area (Å²) in [4.78, 5) is 13.7. The Morgan fingerprint density at radius 3 is 3.00 bits per heavy atom. The third-order valence-electron chi connectivity index (χ3n) is 3.08. The summed E-state index contributed by atoms with van der Waals surface area (Å²) < 4.78 is 5.07. The molecule has 1 fully saturated rings. The minimum atomic E-state index is -0.261. The minimum absolute atomic E-state index is 0.127. The summed E-state index contributed by atoms with van der Waals surface area (Å²) in [6, 6.07) is 0.127. The Balaban J connectivity index is 1.81. The van der Waals surface area contributed by atoms with Crippen LogP contribution < -0.4 is 5.32 Å². The highest BCUT2D eigenvalue weighted by atomic mass is 16.4. The molecule has 1 saturated heterocycles. The van der Waals surface area contributed by atoms with Crippen LogP contribution in [0.1, 0.15) is 19.2 Å². The molecule has 0 saturated carbocycles. The summed E-state index contributed by atoms with van der Waals surface area (Å²) in [5, 5.41) is 19.5. The topological polar surface area (TPSA) is 91.5 Å². The second-order valence-electron chi connectivity index (χ2n) is 4.74. The van der Waals surface area contributed by atoms with Crippen molar-refractivity contribution in [2.24, 2.45) is 5.92 Å². The van der Waals surface area contributed by atoms with Crippen molar-refractivity contribution >= 4 is 11.9 Å². The van der Waals surface area contributed by atoms with Crippen LogP contribution in [0.5, 0.6) is 0 Å². The Kier molecular flexibility index (Phi) is 3.93. The van der Waals surface area contributed by atoms with Gasteiger partial charge >= 0.3 is 6.01 Å². The van der Waals surface area contributed by atoms with Crippen LogP contribution in [0.15, 0.2) is 4.42 Å². The van der Waals surface area contributed by atoms with Crippen molar-refractivity contribution < 1.29 is 14.3 Å². The van der Waals surface area contributed by atoms with Crippen LogP contribution in [0.25, 0.3) is 0 Å². The van der Waals surface area contributed by atoms with E-state index >= 15 is 0 Å². The van der Waals surface area contributed by atoms with Crippen LogP contribution in [-0.2, 0) is 4.79 Å². The molecule has 2 rings (SSSR count). The highest BCUT2D eigenvalue weighted by molar-refractivity contribution is 5.90. The number of nitrogens with zero attached hydrogens (tertiary/aromatic N) is 3. The number of hydrogen-bond donors (Lipinski definition) is 2. The number of nitrogens with one attached hydrogen (secondary N) is 1. The van der Waals surface area contributed by atoms with Crippen molar-refractivity contribution in [1.82, 2.24) is 15.1 Å². The van der Waals surface area contributed by atoms with Gasteiger partial charge < -0.3 is 9.52 Å². The van der Waals surface area contributed by atoms with E-state index in [1.54, 1.807) is 6.92 Å². The van der Waals surface area contributed by atoms with Crippen molar-refractivity contribution in [3.8, 4) is 0 Å². The van der Waals surface area contributed by atoms with Gasteiger partial charge in [-0.25, -0.2) is 0 Å². The van der Waals surface area contributed by atoms with E-state index < -0.39 is 0 Å².